The summed E-state index contributed by atoms with van der Waals surface area (Å²) in [7, 11) is 0. The van der Waals surface area contributed by atoms with Crippen molar-refractivity contribution >= 4 is 11.6 Å². The molecule has 0 aliphatic heterocycles. The summed E-state index contributed by atoms with van der Waals surface area (Å²) in [5.41, 5.74) is 0.438. The summed E-state index contributed by atoms with van der Waals surface area (Å²) in [5.74, 6) is 0.703. The maximum absolute atomic E-state index is 10.5. The van der Waals surface area contributed by atoms with Crippen LogP contribution in [0.1, 0.15) is 38.2 Å². The van der Waals surface area contributed by atoms with E-state index in [4.69, 9.17) is 11.6 Å². The fourth-order valence-corrected chi connectivity index (χ4v) is 3.10. The number of rotatable bonds is 4. The first-order valence-electron chi connectivity index (χ1n) is 6.89. The minimum atomic E-state index is -0.571. The fraction of sp³-hybridized carbons (Fsp3) is 0.600. The van der Waals surface area contributed by atoms with Crippen molar-refractivity contribution in [3.8, 4) is 5.75 Å². The number of nitrogens with one attached hydrogen (secondary N) is 1. The second-order valence-corrected chi connectivity index (χ2v) is 6.22. The molecule has 1 fully saturated rings. The van der Waals surface area contributed by atoms with Gasteiger partial charge in [-0.2, -0.15) is 0 Å². The van der Waals surface area contributed by atoms with E-state index in [0.29, 0.717) is 24.0 Å². The molecule has 1 aromatic carbocycles. The Hall–Kier alpha value is -0.770. The van der Waals surface area contributed by atoms with Gasteiger partial charge in [-0.15, -0.1) is 0 Å². The van der Waals surface area contributed by atoms with Gasteiger partial charge in [0.15, 0.2) is 0 Å². The maximum Gasteiger partial charge on any atom is 0.134 e. The molecule has 2 unspecified atom stereocenters. The molecular weight excluding hydrogens is 262 g/mol. The van der Waals surface area contributed by atoms with Crippen LogP contribution in [-0.2, 0) is 6.54 Å². The molecule has 3 N–H and O–H groups in total. The molecule has 2 atom stereocenters. The molecule has 1 aliphatic rings. The van der Waals surface area contributed by atoms with Crippen molar-refractivity contribution < 1.29 is 10.2 Å². The normalized spacial score (nSPS) is 27.4. The zero-order valence-electron chi connectivity index (χ0n) is 11.3. The van der Waals surface area contributed by atoms with Gasteiger partial charge in [0.2, 0.25) is 0 Å². The van der Waals surface area contributed by atoms with Crippen molar-refractivity contribution in [2.45, 2.75) is 44.8 Å². The van der Waals surface area contributed by atoms with Crippen molar-refractivity contribution in [2.75, 3.05) is 6.54 Å². The van der Waals surface area contributed by atoms with Crippen LogP contribution in [0.15, 0.2) is 18.2 Å². The van der Waals surface area contributed by atoms with Crippen LogP contribution in [0.4, 0.5) is 0 Å². The van der Waals surface area contributed by atoms with Crippen molar-refractivity contribution in [2.24, 2.45) is 5.92 Å². The van der Waals surface area contributed by atoms with Gasteiger partial charge in [0, 0.05) is 13.1 Å². The lowest BCUT2D eigenvalue weighted by molar-refractivity contribution is -0.0119. The molecular formula is C15H22ClNO2. The van der Waals surface area contributed by atoms with Crippen molar-refractivity contribution in [1.29, 1.82) is 0 Å². The second kappa shape index (κ2) is 6.12. The van der Waals surface area contributed by atoms with Crippen molar-refractivity contribution in [3.05, 3.63) is 28.8 Å². The lowest BCUT2D eigenvalue weighted by atomic mass is 9.79. The Balaban J connectivity index is 1.84. The first kappa shape index (κ1) is 14.6. The molecule has 2 rings (SSSR count). The zero-order valence-corrected chi connectivity index (χ0v) is 12.1. The highest BCUT2D eigenvalue weighted by Gasteiger charge is 2.31. The third-order valence-electron chi connectivity index (χ3n) is 3.86. The van der Waals surface area contributed by atoms with Gasteiger partial charge in [-0.3, -0.25) is 0 Å². The van der Waals surface area contributed by atoms with Gasteiger partial charge in [0.05, 0.1) is 10.6 Å². The average Bonchev–Trinajstić information content (AvgIpc) is 2.33. The fourth-order valence-electron chi connectivity index (χ4n) is 2.89. The third-order valence-corrected chi connectivity index (χ3v) is 4.17. The lowest BCUT2D eigenvalue weighted by Crippen LogP contribution is -2.43. The van der Waals surface area contributed by atoms with Crippen LogP contribution in [0.3, 0.4) is 0 Å². The zero-order chi connectivity index (χ0) is 13.9. The van der Waals surface area contributed by atoms with E-state index in [2.05, 4.69) is 12.2 Å². The molecule has 0 spiro atoms. The van der Waals surface area contributed by atoms with Crippen molar-refractivity contribution in [1.82, 2.24) is 5.32 Å². The second-order valence-electron chi connectivity index (χ2n) is 5.82. The summed E-state index contributed by atoms with van der Waals surface area (Å²) in [4.78, 5) is 0. The van der Waals surface area contributed by atoms with Crippen LogP contribution < -0.4 is 5.32 Å². The summed E-state index contributed by atoms with van der Waals surface area (Å²) >= 11 is 5.86. The van der Waals surface area contributed by atoms with Crippen LogP contribution in [0.2, 0.25) is 5.02 Å². The standard InChI is InChI=1S/C15H22ClNO2/c1-11-3-2-6-15(19,8-11)10-17-9-12-4-5-14(18)13(16)7-12/h4-5,7,11,17-19H,2-3,6,8-10H2,1H3. The molecule has 0 saturated heterocycles. The number of phenols is 1. The van der Waals surface area contributed by atoms with Crippen LogP contribution in [0.5, 0.6) is 5.75 Å². The van der Waals surface area contributed by atoms with E-state index in [1.54, 1.807) is 12.1 Å². The smallest absolute Gasteiger partial charge is 0.134 e. The Morgan fingerprint density at radius 3 is 2.95 bits per heavy atom. The number of phenolic OH excluding ortho intramolecular Hbond substituents is 1. The van der Waals surface area contributed by atoms with Gasteiger partial charge in [0.1, 0.15) is 5.75 Å². The van der Waals surface area contributed by atoms with Crippen LogP contribution in [0, 0.1) is 5.92 Å². The average molecular weight is 284 g/mol. The van der Waals surface area contributed by atoms with Gasteiger partial charge in [-0.25, -0.2) is 0 Å². The molecule has 0 bridgehead atoms. The van der Waals surface area contributed by atoms with E-state index in [-0.39, 0.29) is 5.75 Å². The van der Waals surface area contributed by atoms with Gasteiger partial charge >= 0.3 is 0 Å². The van der Waals surface area contributed by atoms with Crippen LogP contribution >= 0.6 is 11.6 Å². The van der Waals surface area contributed by atoms with Crippen LogP contribution in [-0.4, -0.2) is 22.4 Å². The van der Waals surface area contributed by atoms with E-state index in [1.807, 2.05) is 6.07 Å². The molecule has 4 heteroatoms. The first-order chi connectivity index (χ1) is 8.98. The minimum Gasteiger partial charge on any atom is -0.506 e. The number of hydrogen-bond donors (Lipinski definition) is 3. The highest BCUT2D eigenvalue weighted by Crippen LogP contribution is 2.31. The summed E-state index contributed by atoms with van der Waals surface area (Å²) < 4.78 is 0. The molecule has 1 aromatic rings. The van der Waals surface area contributed by atoms with Crippen LogP contribution in [0.25, 0.3) is 0 Å². The summed E-state index contributed by atoms with van der Waals surface area (Å²) in [6, 6.07) is 5.18. The van der Waals surface area contributed by atoms with E-state index < -0.39 is 5.60 Å². The third kappa shape index (κ3) is 4.10. The summed E-state index contributed by atoms with van der Waals surface area (Å²) in [6.07, 6.45) is 4.07. The highest BCUT2D eigenvalue weighted by atomic mass is 35.5. The number of aromatic hydroxyl groups is 1. The molecule has 106 valence electrons. The maximum atomic E-state index is 10.5. The Labute approximate surface area is 119 Å². The predicted octanol–water partition coefficient (Wildman–Crippen LogP) is 3.08. The molecule has 0 radical (unpaired) electrons. The molecule has 0 amide bonds. The molecule has 1 saturated carbocycles. The van der Waals surface area contributed by atoms with E-state index in [1.165, 1.54) is 6.42 Å². The van der Waals surface area contributed by atoms with Gasteiger partial charge in [0.25, 0.3) is 0 Å². The van der Waals surface area contributed by atoms with Gasteiger partial charge < -0.3 is 15.5 Å². The van der Waals surface area contributed by atoms with Crippen molar-refractivity contribution in [3.63, 3.8) is 0 Å². The highest BCUT2D eigenvalue weighted by molar-refractivity contribution is 6.32. The Morgan fingerprint density at radius 1 is 1.47 bits per heavy atom. The number of benzene rings is 1. The quantitative estimate of drug-likeness (QED) is 0.796. The topological polar surface area (TPSA) is 52.5 Å². The van der Waals surface area contributed by atoms with E-state index in [9.17, 15) is 10.2 Å². The van der Waals surface area contributed by atoms with Gasteiger partial charge in [-0.1, -0.05) is 37.4 Å². The Kier molecular flexibility index (Phi) is 4.71. The monoisotopic (exact) mass is 283 g/mol. The number of halogens is 1. The largest absolute Gasteiger partial charge is 0.506 e. The molecule has 0 aromatic heterocycles. The lowest BCUT2D eigenvalue weighted by Gasteiger charge is -2.35. The Bertz CT molecular complexity index is 438. The molecule has 19 heavy (non-hydrogen) atoms. The number of aliphatic hydroxyl groups is 1. The predicted molar refractivity (Wildman–Crippen MR) is 77.4 cm³/mol. The first-order valence-corrected chi connectivity index (χ1v) is 7.27. The van der Waals surface area contributed by atoms with E-state index >= 15 is 0 Å². The summed E-state index contributed by atoms with van der Waals surface area (Å²) in [6.45, 7) is 3.45. The van der Waals surface area contributed by atoms with E-state index in [0.717, 1.165) is 24.8 Å². The molecule has 3 nitrogen and oxygen atoms in total. The Morgan fingerprint density at radius 2 is 2.26 bits per heavy atom. The minimum absolute atomic E-state index is 0.102. The van der Waals surface area contributed by atoms with Gasteiger partial charge in [-0.05, 0) is 36.5 Å². The molecule has 1 aliphatic carbocycles. The summed E-state index contributed by atoms with van der Waals surface area (Å²) in [5, 5.41) is 23.5. The number of hydrogen-bond acceptors (Lipinski definition) is 3. The molecule has 0 heterocycles. The SMILES string of the molecule is CC1CCCC(O)(CNCc2ccc(O)c(Cl)c2)C1.